The van der Waals surface area contributed by atoms with Crippen molar-refractivity contribution in [1.29, 1.82) is 0 Å². The minimum absolute atomic E-state index is 0.0591. The molecule has 3 aromatic rings. The molecule has 0 radical (unpaired) electrons. The van der Waals surface area contributed by atoms with Gasteiger partial charge < -0.3 is 9.50 Å². The first-order chi connectivity index (χ1) is 12.8. The average Bonchev–Trinajstić information content (AvgIpc) is 2.64. The molecule has 0 atom stereocenters. The molecular weight excluding hydrogens is 393 g/mol. The molecule has 138 valence electrons. The molecule has 0 aliphatic heterocycles. The summed E-state index contributed by atoms with van der Waals surface area (Å²) in [7, 11) is -4.08. The standard InChI is InChI=1S/C19H13ClFNO4S/c20-14-3-1-13(2-4-14)19(23)22-16-7-9-17(10-8-16)26-27(24,25)18-11-5-15(21)6-12-18/h1-12H,(H,22,23). The van der Waals surface area contributed by atoms with Gasteiger partial charge in [0.1, 0.15) is 16.5 Å². The van der Waals surface area contributed by atoms with Crippen molar-refractivity contribution in [3.05, 3.63) is 89.2 Å². The SMILES string of the molecule is O=C(Nc1ccc(OS(=O)(=O)c2ccc(F)cc2)cc1)c1ccc(Cl)cc1. The molecule has 0 saturated carbocycles. The maximum absolute atomic E-state index is 12.9. The third kappa shape index (κ3) is 4.84. The van der Waals surface area contributed by atoms with Crippen LogP contribution in [0.4, 0.5) is 10.1 Å². The Kier molecular flexibility index (Phi) is 5.43. The number of carbonyl (C=O) groups excluding carboxylic acids is 1. The van der Waals surface area contributed by atoms with Gasteiger partial charge in [0.15, 0.2) is 0 Å². The summed E-state index contributed by atoms with van der Waals surface area (Å²) in [6, 6.07) is 16.5. The van der Waals surface area contributed by atoms with E-state index in [1.165, 1.54) is 24.3 Å². The molecule has 0 unspecified atom stereocenters. The van der Waals surface area contributed by atoms with E-state index in [0.717, 1.165) is 24.3 Å². The van der Waals surface area contributed by atoms with Crippen molar-refractivity contribution in [2.45, 2.75) is 4.90 Å². The normalized spacial score (nSPS) is 11.0. The van der Waals surface area contributed by atoms with Crippen LogP contribution in [0.2, 0.25) is 5.02 Å². The Bertz CT molecular complexity index is 1050. The number of rotatable bonds is 5. The van der Waals surface area contributed by atoms with E-state index in [1.807, 2.05) is 0 Å². The number of hydrogen-bond acceptors (Lipinski definition) is 4. The van der Waals surface area contributed by atoms with E-state index >= 15 is 0 Å². The lowest BCUT2D eigenvalue weighted by molar-refractivity contribution is 0.102. The number of carbonyl (C=O) groups is 1. The summed E-state index contributed by atoms with van der Waals surface area (Å²) in [6.45, 7) is 0. The number of nitrogens with one attached hydrogen (secondary N) is 1. The Labute approximate surface area is 160 Å². The largest absolute Gasteiger partial charge is 0.379 e. The summed E-state index contributed by atoms with van der Waals surface area (Å²) in [5.74, 6) is -0.821. The summed E-state index contributed by atoms with van der Waals surface area (Å²) < 4.78 is 42.2. The van der Waals surface area contributed by atoms with Gasteiger partial charge in [0, 0.05) is 16.3 Å². The molecule has 3 aromatic carbocycles. The second-order valence-corrected chi connectivity index (χ2v) is 7.46. The van der Waals surface area contributed by atoms with Crippen LogP contribution in [0.5, 0.6) is 5.75 Å². The van der Waals surface area contributed by atoms with E-state index in [1.54, 1.807) is 24.3 Å². The van der Waals surface area contributed by atoms with Crippen LogP contribution < -0.4 is 9.50 Å². The van der Waals surface area contributed by atoms with Crippen molar-refractivity contribution in [3.8, 4) is 5.75 Å². The van der Waals surface area contributed by atoms with Crippen LogP contribution in [-0.2, 0) is 10.1 Å². The molecule has 27 heavy (non-hydrogen) atoms. The predicted molar refractivity (Wildman–Crippen MR) is 100 cm³/mol. The minimum atomic E-state index is -4.08. The van der Waals surface area contributed by atoms with Gasteiger partial charge in [-0.3, -0.25) is 4.79 Å². The first kappa shape index (κ1) is 18.9. The highest BCUT2D eigenvalue weighted by atomic mass is 35.5. The maximum Gasteiger partial charge on any atom is 0.339 e. The van der Waals surface area contributed by atoms with Crippen LogP contribution in [0.3, 0.4) is 0 Å². The maximum atomic E-state index is 12.9. The summed E-state index contributed by atoms with van der Waals surface area (Å²) >= 11 is 5.79. The van der Waals surface area contributed by atoms with E-state index in [-0.39, 0.29) is 16.6 Å². The van der Waals surface area contributed by atoms with Gasteiger partial charge >= 0.3 is 10.1 Å². The fraction of sp³-hybridized carbons (Fsp3) is 0. The number of anilines is 1. The first-order valence-electron chi connectivity index (χ1n) is 7.70. The van der Waals surface area contributed by atoms with Gasteiger partial charge in [0.25, 0.3) is 5.91 Å². The van der Waals surface area contributed by atoms with Crippen molar-refractivity contribution in [1.82, 2.24) is 0 Å². The Morgan fingerprint density at radius 2 is 1.48 bits per heavy atom. The van der Waals surface area contributed by atoms with Crippen molar-refractivity contribution >= 4 is 33.3 Å². The highest BCUT2D eigenvalue weighted by molar-refractivity contribution is 7.87. The van der Waals surface area contributed by atoms with Crippen LogP contribution in [0.25, 0.3) is 0 Å². The molecule has 5 nitrogen and oxygen atoms in total. The molecule has 0 fully saturated rings. The van der Waals surface area contributed by atoms with Gasteiger partial charge in [-0.2, -0.15) is 8.42 Å². The zero-order valence-electron chi connectivity index (χ0n) is 13.7. The number of benzene rings is 3. The van der Waals surface area contributed by atoms with Crippen LogP contribution in [-0.4, -0.2) is 14.3 Å². The van der Waals surface area contributed by atoms with Gasteiger partial charge in [-0.15, -0.1) is 0 Å². The lowest BCUT2D eigenvalue weighted by Crippen LogP contribution is -2.12. The Hall–Kier alpha value is -2.90. The summed E-state index contributed by atoms with van der Waals surface area (Å²) in [5, 5.41) is 3.20. The van der Waals surface area contributed by atoms with Crippen molar-refractivity contribution in [2.24, 2.45) is 0 Å². The molecule has 0 aromatic heterocycles. The van der Waals surface area contributed by atoms with Crippen molar-refractivity contribution < 1.29 is 21.8 Å². The third-order valence-electron chi connectivity index (χ3n) is 3.53. The molecule has 0 spiro atoms. The fourth-order valence-corrected chi connectivity index (χ4v) is 3.23. The van der Waals surface area contributed by atoms with Crippen LogP contribution in [0.15, 0.2) is 77.7 Å². The quantitative estimate of drug-likeness (QED) is 0.634. The van der Waals surface area contributed by atoms with E-state index in [0.29, 0.717) is 16.3 Å². The average molecular weight is 406 g/mol. The molecule has 0 aliphatic rings. The monoisotopic (exact) mass is 405 g/mol. The molecule has 0 bridgehead atoms. The second kappa shape index (κ2) is 7.77. The summed E-state index contributed by atoms with van der Waals surface area (Å²) in [6.07, 6.45) is 0. The molecule has 1 amide bonds. The Balaban J connectivity index is 1.69. The molecule has 0 saturated heterocycles. The molecule has 8 heteroatoms. The fourth-order valence-electron chi connectivity index (χ4n) is 2.17. The van der Waals surface area contributed by atoms with Gasteiger partial charge in [-0.25, -0.2) is 4.39 Å². The van der Waals surface area contributed by atoms with Gasteiger partial charge in [-0.05, 0) is 72.8 Å². The zero-order valence-corrected chi connectivity index (χ0v) is 15.3. The summed E-state index contributed by atoms with van der Waals surface area (Å²) in [4.78, 5) is 12.0. The zero-order chi connectivity index (χ0) is 19.4. The Morgan fingerprint density at radius 1 is 0.889 bits per heavy atom. The highest BCUT2D eigenvalue weighted by Crippen LogP contribution is 2.21. The lowest BCUT2D eigenvalue weighted by Gasteiger charge is -2.09. The van der Waals surface area contributed by atoms with E-state index in [9.17, 15) is 17.6 Å². The van der Waals surface area contributed by atoms with Crippen molar-refractivity contribution in [2.75, 3.05) is 5.32 Å². The van der Waals surface area contributed by atoms with Crippen molar-refractivity contribution in [3.63, 3.8) is 0 Å². The van der Waals surface area contributed by atoms with E-state index in [2.05, 4.69) is 5.32 Å². The van der Waals surface area contributed by atoms with E-state index in [4.69, 9.17) is 15.8 Å². The van der Waals surface area contributed by atoms with Gasteiger partial charge in [0.05, 0.1) is 0 Å². The highest BCUT2D eigenvalue weighted by Gasteiger charge is 2.16. The third-order valence-corrected chi connectivity index (χ3v) is 5.04. The van der Waals surface area contributed by atoms with Crippen LogP contribution in [0.1, 0.15) is 10.4 Å². The summed E-state index contributed by atoms with van der Waals surface area (Å²) in [5.41, 5.74) is 0.889. The van der Waals surface area contributed by atoms with Crippen LogP contribution in [0, 0.1) is 5.82 Å². The smallest absolute Gasteiger partial charge is 0.339 e. The molecule has 1 N–H and O–H groups in total. The van der Waals surface area contributed by atoms with Crippen LogP contribution >= 0.6 is 11.6 Å². The second-order valence-electron chi connectivity index (χ2n) is 5.48. The predicted octanol–water partition coefficient (Wildman–Crippen LogP) is 4.50. The minimum Gasteiger partial charge on any atom is -0.379 e. The lowest BCUT2D eigenvalue weighted by atomic mass is 10.2. The Morgan fingerprint density at radius 3 is 2.07 bits per heavy atom. The topological polar surface area (TPSA) is 72.5 Å². The van der Waals surface area contributed by atoms with Gasteiger partial charge in [-0.1, -0.05) is 11.6 Å². The van der Waals surface area contributed by atoms with E-state index < -0.39 is 15.9 Å². The number of halogens is 2. The van der Waals surface area contributed by atoms with Gasteiger partial charge in [0.2, 0.25) is 0 Å². The molecule has 3 rings (SSSR count). The molecule has 0 heterocycles. The number of hydrogen-bond donors (Lipinski definition) is 1. The first-order valence-corrected chi connectivity index (χ1v) is 9.49. The molecular formula is C19H13ClFNO4S. The molecule has 0 aliphatic carbocycles. The number of amides is 1.